The molecule has 0 bridgehead atoms. The normalized spacial score (nSPS) is 17.3. The van der Waals surface area contributed by atoms with Gasteiger partial charge in [-0.1, -0.05) is 17.7 Å². The van der Waals surface area contributed by atoms with E-state index in [-0.39, 0.29) is 17.6 Å². The second kappa shape index (κ2) is 6.23. The van der Waals surface area contributed by atoms with Gasteiger partial charge in [0.15, 0.2) is 0 Å². The van der Waals surface area contributed by atoms with Crippen LogP contribution in [0.4, 0.5) is 0 Å². The van der Waals surface area contributed by atoms with E-state index in [2.05, 4.69) is 0 Å². The number of pyridine rings is 1. The number of amides is 1. The first-order valence-corrected chi connectivity index (χ1v) is 8.84. The molecule has 1 aliphatic heterocycles. The highest BCUT2D eigenvalue weighted by Crippen LogP contribution is 2.35. The van der Waals surface area contributed by atoms with Crippen LogP contribution in [0.1, 0.15) is 34.9 Å². The minimum Gasteiger partial charge on any atom is -0.486 e. The Morgan fingerprint density at radius 3 is 2.60 bits per heavy atom. The molecule has 2 fully saturated rings. The van der Waals surface area contributed by atoms with Crippen molar-refractivity contribution in [3.8, 4) is 5.75 Å². The number of ether oxygens (including phenoxy) is 1. The molecule has 1 aliphatic carbocycles. The van der Waals surface area contributed by atoms with Crippen molar-refractivity contribution in [2.75, 3.05) is 13.1 Å². The van der Waals surface area contributed by atoms with Crippen LogP contribution in [-0.2, 0) is 0 Å². The Bertz CT molecular complexity index is 882. The van der Waals surface area contributed by atoms with Gasteiger partial charge in [-0.3, -0.25) is 9.59 Å². The number of carbonyl (C=O) groups is 1. The molecule has 25 heavy (non-hydrogen) atoms. The maximum Gasteiger partial charge on any atom is 0.254 e. The van der Waals surface area contributed by atoms with E-state index in [0.29, 0.717) is 35.5 Å². The van der Waals surface area contributed by atoms with Gasteiger partial charge in [-0.15, -0.1) is 0 Å². The second-order valence-electron chi connectivity index (χ2n) is 6.73. The van der Waals surface area contributed by atoms with Crippen LogP contribution < -0.4 is 10.3 Å². The van der Waals surface area contributed by atoms with Crippen molar-refractivity contribution in [3.05, 3.63) is 63.0 Å². The lowest BCUT2D eigenvalue weighted by atomic mass is 10.1. The average Bonchev–Trinajstić information content (AvgIpc) is 3.34. The number of benzene rings is 1. The van der Waals surface area contributed by atoms with E-state index in [4.69, 9.17) is 16.3 Å². The molecular weight excluding hydrogens is 340 g/mol. The van der Waals surface area contributed by atoms with Gasteiger partial charge in [-0.25, -0.2) is 0 Å². The Labute approximate surface area is 150 Å². The Morgan fingerprint density at radius 2 is 1.96 bits per heavy atom. The van der Waals surface area contributed by atoms with Crippen LogP contribution in [0.15, 0.2) is 41.2 Å². The number of aryl methyl sites for hydroxylation is 1. The first-order chi connectivity index (χ1) is 12.0. The lowest BCUT2D eigenvalue weighted by Gasteiger charge is -2.39. The number of aromatic nitrogens is 1. The van der Waals surface area contributed by atoms with E-state index in [1.165, 1.54) is 0 Å². The predicted molar refractivity (Wildman–Crippen MR) is 95.5 cm³/mol. The fraction of sp³-hybridized carbons (Fsp3) is 0.368. The second-order valence-corrected chi connectivity index (χ2v) is 7.17. The van der Waals surface area contributed by atoms with Gasteiger partial charge in [-0.2, -0.15) is 0 Å². The van der Waals surface area contributed by atoms with Crippen LogP contribution in [0.25, 0.3) is 0 Å². The van der Waals surface area contributed by atoms with Crippen LogP contribution in [0.3, 0.4) is 0 Å². The Balaban J connectivity index is 1.38. The van der Waals surface area contributed by atoms with E-state index < -0.39 is 0 Å². The summed E-state index contributed by atoms with van der Waals surface area (Å²) in [5, 5.41) is 0.547. The number of hydrogen-bond acceptors (Lipinski definition) is 3. The van der Waals surface area contributed by atoms with E-state index in [0.717, 1.165) is 18.5 Å². The molecule has 2 heterocycles. The standard InChI is InChI=1S/C19H19ClN2O3/c1-12-7-16(9-18(23)22(12)15-5-6-15)25-17-10-21(11-17)19(24)13-3-2-4-14(20)8-13/h2-4,7-9,15,17H,5-6,10-11H2,1H3. The van der Waals surface area contributed by atoms with Crippen LogP contribution in [0.2, 0.25) is 5.02 Å². The Kier molecular flexibility index (Phi) is 4.04. The molecule has 5 nitrogen and oxygen atoms in total. The monoisotopic (exact) mass is 358 g/mol. The summed E-state index contributed by atoms with van der Waals surface area (Å²) in [4.78, 5) is 26.3. The molecule has 1 aromatic carbocycles. The molecule has 0 radical (unpaired) electrons. The molecule has 1 saturated carbocycles. The quantitative estimate of drug-likeness (QED) is 0.844. The van der Waals surface area contributed by atoms with Crippen molar-refractivity contribution in [1.29, 1.82) is 0 Å². The molecule has 0 atom stereocenters. The van der Waals surface area contributed by atoms with Gasteiger partial charge in [0.05, 0.1) is 13.1 Å². The van der Waals surface area contributed by atoms with Gasteiger partial charge in [0.2, 0.25) is 0 Å². The van der Waals surface area contributed by atoms with Crippen LogP contribution in [-0.4, -0.2) is 34.6 Å². The Hall–Kier alpha value is -2.27. The van der Waals surface area contributed by atoms with Gasteiger partial charge in [-0.05, 0) is 44.0 Å². The molecule has 1 amide bonds. The summed E-state index contributed by atoms with van der Waals surface area (Å²) in [6.45, 7) is 2.95. The molecule has 1 saturated heterocycles. The van der Waals surface area contributed by atoms with Gasteiger partial charge >= 0.3 is 0 Å². The summed E-state index contributed by atoms with van der Waals surface area (Å²) in [5.41, 5.74) is 1.49. The molecule has 0 unspecified atom stereocenters. The summed E-state index contributed by atoms with van der Waals surface area (Å²) in [6.07, 6.45) is 2.06. The maximum atomic E-state index is 12.4. The highest BCUT2D eigenvalue weighted by atomic mass is 35.5. The number of likely N-dealkylation sites (tertiary alicyclic amines) is 1. The fourth-order valence-corrected chi connectivity index (χ4v) is 3.42. The molecular formula is C19H19ClN2O3. The molecule has 2 aromatic rings. The molecule has 2 aliphatic rings. The molecule has 6 heteroatoms. The third-order valence-electron chi connectivity index (χ3n) is 4.66. The van der Waals surface area contributed by atoms with E-state index in [9.17, 15) is 9.59 Å². The lowest BCUT2D eigenvalue weighted by molar-refractivity contribution is 0.0176. The zero-order chi connectivity index (χ0) is 17.6. The minimum atomic E-state index is -0.0845. The largest absolute Gasteiger partial charge is 0.486 e. The van der Waals surface area contributed by atoms with Crippen LogP contribution >= 0.6 is 11.6 Å². The number of nitrogens with zero attached hydrogens (tertiary/aromatic N) is 2. The first kappa shape index (κ1) is 16.2. The van der Waals surface area contributed by atoms with Gasteiger partial charge in [0, 0.05) is 28.4 Å². The topological polar surface area (TPSA) is 51.5 Å². The van der Waals surface area contributed by atoms with Crippen molar-refractivity contribution in [2.45, 2.75) is 31.9 Å². The van der Waals surface area contributed by atoms with Gasteiger partial charge in [0.25, 0.3) is 11.5 Å². The smallest absolute Gasteiger partial charge is 0.254 e. The highest BCUT2D eigenvalue weighted by Gasteiger charge is 2.33. The zero-order valence-corrected chi connectivity index (χ0v) is 14.7. The molecule has 0 N–H and O–H groups in total. The lowest BCUT2D eigenvalue weighted by Crippen LogP contribution is -2.56. The first-order valence-electron chi connectivity index (χ1n) is 8.46. The minimum absolute atomic E-state index is 0.0105. The Morgan fingerprint density at radius 1 is 1.20 bits per heavy atom. The summed E-state index contributed by atoms with van der Waals surface area (Å²) in [7, 11) is 0. The third kappa shape index (κ3) is 3.29. The fourth-order valence-electron chi connectivity index (χ4n) is 3.23. The third-order valence-corrected chi connectivity index (χ3v) is 4.89. The van der Waals surface area contributed by atoms with Crippen LogP contribution in [0.5, 0.6) is 5.75 Å². The number of hydrogen-bond donors (Lipinski definition) is 0. The van der Waals surface area contributed by atoms with E-state index >= 15 is 0 Å². The van der Waals surface area contributed by atoms with Gasteiger partial charge < -0.3 is 14.2 Å². The highest BCUT2D eigenvalue weighted by molar-refractivity contribution is 6.30. The molecule has 4 rings (SSSR count). The van der Waals surface area contributed by atoms with Crippen LogP contribution in [0, 0.1) is 6.92 Å². The summed E-state index contributed by atoms with van der Waals surface area (Å²) >= 11 is 5.93. The van der Waals surface area contributed by atoms with Crippen molar-refractivity contribution >= 4 is 17.5 Å². The summed E-state index contributed by atoms with van der Waals surface area (Å²) < 4.78 is 7.71. The molecule has 130 valence electrons. The number of rotatable bonds is 4. The van der Waals surface area contributed by atoms with Crippen molar-refractivity contribution < 1.29 is 9.53 Å². The maximum absolute atomic E-state index is 12.4. The number of carbonyl (C=O) groups excluding carboxylic acids is 1. The van der Waals surface area contributed by atoms with Crippen molar-refractivity contribution in [2.24, 2.45) is 0 Å². The molecule has 0 spiro atoms. The van der Waals surface area contributed by atoms with Crippen molar-refractivity contribution in [3.63, 3.8) is 0 Å². The summed E-state index contributed by atoms with van der Waals surface area (Å²) in [6, 6.07) is 10.7. The molecule has 1 aromatic heterocycles. The summed E-state index contributed by atoms with van der Waals surface area (Å²) in [5.74, 6) is 0.530. The average molecular weight is 359 g/mol. The van der Waals surface area contributed by atoms with E-state index in [1.54, 1.807) is 35.2 Å². The number of halogens is 1. The zero-order valence-electron chi connectivity index (χ0n) is 13.9. The van der Waals surface area contributed by atoms with E-state index in [1.807, 2.05) is 17.6 Å². The van der Waals surface area contributed by atoms with Gasteiger partial charge in [0.1, 0.15) is 11.9 Å². The SMILES string of the molecule is Cc1cc(OC2CN(C(=O)c3cccc(Cl)c3)C2)cc(=O)n1C1CC1. The van der Waals surface area contributed by atoms with Crippen molar-refractivity contribution in [1.82, 2.24) is 9.47 Å². The predicted octanol–water partition coefficient (Wildman–Crippen LogP) is 3.05.